The van der Waals surface area contributed by atoms with Gasteiger partial charge < -0.3 is 0 Å². The molecule has 0 aliphatic carbocycles. The Balaban J connectivity index is 4.66. The maximum atomic E-state index is 6.14. The van der Waals surface area contributed by atoms with E-state index in [4.69, 9.17) is 11.6 Å². The van der Waals surface area contributed by atoms with E-state index in [2.05, 4.69) is 26.7 Å². The second kappa shape index (κ2) is 4.57. The van der Waals surface area contributed by atoms with Gasteiger partial charge in [0.15, 0.2) is 0 Å². The molecule has 2 heteroatoms. The lowest BCUT2D eigenvalue weighted by molar-refractivity contribution is 1.01. The largest absolute Gasteiger partial charge is 0.142 e. The van der Waals surface area contributed by atoms with Crippen LogP contribution in [0, 0.1) is 0 Å². The first kappa shape index (κ1) is 10.7. The summed E-state index contributed by atoms with van der Waals surface area (Å²) in [6, 6.07) is 0. The fourth-order valence-electron chi connectivity index (χ4n) is 0.987. The lowest BCUT2D eigenvalue weighted by Crippen LogP contribution is -2.38. The first-order valence-electron chi connectivity index (χ1n) is 3.71. The summed E-state index contributed by atoms with van der Waals surface area (Å²) in [5.74, 6) is 0. The van der Waals surface area contributed by atoms with Crippen LogP contribution in [-0.4, -0.2) is 13.1 Å². The summed E-state index contributed by atoms with van der Waals surface area (Å²) in [7, 11) is -1.76. The molecule has 0 aliphatic rings. The summed E-state index contributed by atoms with van der Waals surface area (Å²) >= 11 is 6.14. The van der Waals surface area contributed by atoms with Gasteiger partial charge in [-0.1, -0.05) is 24.0 Å². The Bertz CT molecular complexity index is 141. The second-order valence-corrected chi connectivity index (χ2v) is 7.30. The molecule has 0 aliphatic heterocycles. The molecule has 0 radical (unpaired) electrons. The van der Waals surface area contributed by atoms with Gasteiger partial charge in [-0.3, -0.25) is 0 Å². The van der Waals surface area contributed by atoms with E-state index < -0.39 is 8.07 Å². The highest BCUT2D eigenvalue weighted by Crippen LogP contribution is 2.20. The molecule has 0 fully saturated rings. The van der Waals surface area contributed by atoms with Crippen LogP contribution in [-0.2, 0) is 0 Å². The van der Waals surface area contributed by atoms with Crippen molar-refractivity contribution in [1.82, 2.24) is 0 Å². The number of alkyl halides is 1. The second-order valence-electron chi connectivity index (χ2n) is 2.49. The summed E-state index contributed by atoms with van der Waals surface area (Å²) in [5, 5.41) is 0.148. The highest BCUT2D eigenvalue weighted by atomic mass is 35.5. The molecular weight excluding hydrogens is 172 g/mol. The van der Waals surface area contributed by atoms with Gasteiger partial charge in [-0.2, -0.15) is 0 Å². The van der Waals surface area contributed by atoms with Crippen LogP contribution in [0.2, 0.25) is 0 Å². The van der Waals surface area contributed by atoms with Crippen LogP contribution >= 0.6 is 11.6 Å². The highest BCUT2D eigenvalue weighted by Gasteiger charge is 2.29. The molecule has 0 spiro atoms. The quantitative estimate of drug-likeness (QED) is 0.457. The monoisotopic (exact) mass is 186 g/mol. The fourth-order valence-corrected chi connectivity index (χ4v) is 3.76. The van der Waals surface area contributed by atoms with Crippen LogP contribution in [0.4, 0.5) is 0 Å². The molecule has 0 nitrogen and oxygen atoms in total. The molecule has 0 N–H and O–H groups in total. The highest BCUT2D eigenvalue weighted by molar-refractivity contribution is 6.98. The van der Waals surface area contributed by atoms with Crippen molar-refractivity contribution in [2.45, 2.75) is 18.3 Å². The van der Waals surface area contributed by atoms with Crippen molar-refractivity contribution >= 4 is 19.7 Å². The van der Waals surface area contributed by atoms with Crippen LogP contribution in [0.1, 0.15) is 13.3 Å². The van der Waals surface area contributed by atoms with Crippen LogP contribution in [0.5, 0.6) is 0 Å². The van der Waals surface area contributed by atoms with Gasteiger partial charge in [0.2, 0.25) is 0 Å². The van der Waals surface area contributed by atoms with Crippen molar-refractivity contribution in [2.24, 2.45) is 0 Å². The molecule has 0 amide bonds. The maximum absolute atomic E-state index is 6.14. The minimum absolute atomic E-state index is 0.148. The Morgan fingerprint density at radius 1 is 1.27 bits per heavy atom. The van der Waals surface area contributed by atoms with E-state index in [9.17, 15) is 0 Å². The van der Waals surface area contributed by atoms with Crippen LogP contribution in [0.15, 0.2) is 36.8 Å². The van der Waals surface area contributed by atoms with E-state index in [0.29, 0.717) is 0 Å². The molecule has 0 heterocycles. The standard InChI is InChI=1S/C9H15ClSi/c1-5-9(10)11(6-2,7-3)8-4/h6-9H,2-5H2,1H3. The average Bonchev–Trinajstić information content (AvgIpc) is 2.08. The van der Waals surface area contributed by atoms with Crippen molar-refractivity contribution in [3.05, 3.63) is 36.8 Å². The van der Waals surface area contributed by atoms with Crippen molar-refractivity contribution < 1.29 is 0 Å². The van der Waals surface area contributed by atoms with Gasteiger partial charge in [0.05, 0.1) is 0 Å². The number of rotatable bonds is 5. The zero-order valence-corrected chi connectivity index (χ0v) is 8.77. The molecule has 0 aromatic heterocycles. The molecule has 1 unspecified atom stereocenters. The Morgan fingerprint density at radius 2 is 1.64 bits per heavy atom. The third-order valence-corrected chi connectivity index (χ3v) is 7.02. The topological polar surface area (TPSA) is 0 Å². The van der Waals surface area contributed by atoms with E-state index in [-0.39, 0.29) is 5.00 Å². The normalized spacial score (nSPS) is 13.6. The van der Waals surface area contributed by atoms with Gasteiger partial charge in [0.1, 0.15) is 8.07 Å². The fraction of sp³-hybridized carbons (Fsp3) is 0.333. The summed E-state index contributed by atoms with van der Waals surface area (Å²) < 4.78 is 0. The summed E-state index contributed by atoms with van der Waals surface area (Å²) in [4.78, 5) is 0. The molecule has 0 saturated carbocycles. The first-order valence-corrected chi connectivity index (χ1v) is 6.46. The van der Waals surface area contributed by atoms with Crippen LogP contribution in [0.3, 0.4) is 0 Å². The average molecular weight is 187 g/mol. The minimum atomic E-state index is -1.76. The van der Waals surface area contributed by atoms with Gasteiger partial charge in [0, 0.05) is 5.00 Å². The number of hydrogen-bond donors (Lipinski definition) is 0. The van der Waals surface area contributed by atoms with Gasteiger partial charge in [-0.15, -0.1) is 31.3 Å². The lowest BCUT2D eigenvalue weighted by Gasteiger charge is -2.24. The molecule has 0 rings (SSSR count). The molecule has 62 valence electrons. The summed E-state index contributed by atoms with van der Waals surface area (Å²) in [6.45, 7) is 13.4. The number of hydrogen-bond acceptors (Lipinski definition) is 0. The van der Waals surface area contributed by atoms with E-state index in [1.54, 1.807) is 0 Å². The Morgan fingerprint density at radius 3 is 1.73 bits per heavy atom. The van der Waals surface area contributed by atoms with Gasteiger partial charge in [-0.05, 0) is 6.42 Å². The summed E-state index contributed by atoms with van der Waals surface area (Å²) in [5.41, 5.74) is 5.77. The van der Waals surface area contributed by atoms with Crippen LogP contribution in [0.25, 0.3) is 0 Å². The van der Waals surface area contributed by atoms with E-state index in [1.165, 1.54) is 0 Å². The van der Waals surface area contributed by atoms with E-state index >= 15 is 0 Å². The van der Waals surface area contributed by atoms with Gasteiger partial charge in [-0.25, -0.2) is 0 Å². The van der Waals surface area contributed by atoms with Crippen molar-refractivity contribution in [2.75, 3.05) is 0 Å². The maximum Gasteiger partial charge on any atom is 0.142 e. The third kappa shape index (κ3) is 2.08. The molecule has 0 aromatic rings. The Labute approximate surface area is 75.3 Å². The van der Waals surface area contributed by atoms with E-state index in [0.717, 1.165) is 6.42 Å². The zero-order valence-electron chi connectivity index (χ0n) is 7.02. The molecule has 11 heavy (non-hydrogen) atoms. The van der Waals surface area contributed by atoms with Gasteiger partial charge in [0.25, 0.3) is 0 Å². The molecule has 1 atom stereocenters. The first-order chi connectivity index (χ1) is 5.16. The third-order valence-electron chi connectivity index (χ3n) is 1.96. The Kier molecular flexibility index (Phi) is 4.46. The SMILES string of the molecule is C=C[Si](C=C)(C=C)C(Cl)CC. The molecular formula is C9H15ClSi. The van der Waals surface area contributed by atoms with E-state index in [1.807, 2.05) is 17.1 Å². The predicted octanol–water partition coefficient (Wildman–Crippen LogP) is 3.17. The Hall–Kier alpha value is -0.273. The minimum Gasteiger partial charge on any atom is -0.125 e. The van der Waals surface area contributed by atoms with Crippen LogP contribution < -0.4 is 0 Å². The lowest BCUT2D eigenvalue weighted by atomic mass is 10.6. The summed E-state index contributed by atoms with van der Waals surface area (Å²) in [6.07, 6.45) is 0.942. The van der Waals surface area contributed by atoms with Crippen molar-refractivity contribution in [1.29, 1.82) is 0 Å². The molecule has 0 bridgehead atoms. The van der Waals surface area contributed by atoms with Crippen molar-refractivity contribution in [3.8, 4) is 0 Å². The predicted molar refractivity (Wildman–Crippen MR) is 56.3 cm³/mol. The number of halogens is 1. The molecule has 0 saturated heterocycles. The molecule has 0 aromatic carbocycles. The van der Waals surface area contributed by atoms with Gasteiger partial charge >= 0.3 is 0 Å². The smallest absolute Gasteiger partial charge is 0.125 e. The zero-order chi connectivity index (χ0) is 8.91. The van der Waals surface area contributed by atoms with Crippen molar-refractivity contribution in [3.63, 3.8) is 0 Å².